The highest BCUT2D eigenvalue weighted by Crippen LogP contribution is 2.28. The summed E-state index contributed by atoms with van der Waals surface area (Å²) in [5, 5.41) is 9.35. The molecule has 31 heavy (non-hydrogen) atoms. The Morgan fingerprint density at radius 3 is 2.58 bits per heavy atom. The Morgan fingerprint density at radius 1 is 1.10 bits per heavy atom. The Labute approximate surface area is 183 Å². The number of anilines is 1. The third-order valence-electron chi connectivity index (χ3n) is 4.59. The fraction of sp³-hybridized carbons (Fsp3) is 0.130. The van der Waals surface area contributed by atoms with Gasteiger partial charge in [0.1, 0.15) is 5.69 Å². The van der Waals surface area contributed by atoms with Gasteiger partial charge in [-0.1, -0.05) is 42.5 Å². The summed E-state index contributed by atoms with van der Waals surface area (Å²) in [5.41, 5.74) is 3.87. The molecular weight excluding hydrogens is 412 g/mol. The number of amides is 1. The second-order valence-electron chi connectivity index (χ2n) is 6.70. The molecule has 2 aromatic heterocycles. The molecule has 0 saturated carbocycles. The van der Waals surface area contributed by atoms with Gasteiger partial charge in [-0.2, -0.15) is 5.10 Å². The molecular formula is C23H20N4O3S. The standard InChI is InChI=1S/C23H20N4O3S/c1-3-30-22(29)19-14-31-23(24-19)25-21(28)18-13-27(16-10-5-4-6-11-16)26-20(18)17-12-8-7-9-15(17)2/h4-14H,3H2,1-2H3,(H,24,25,28). The number of hydrogen-bond acceptors (Lipinski definition) is 6. The van der Waals surface area contributed by atoms with E-state index in [0.717, 1.165) is 28.2 Å². The number of benzene rings is 2. The van der Waals surface area contributed by atoms with Crippen molar-refractivity contribution in [3.63, 3.8) is 0 Å². The summed E-state index contributed by atoms with van der Waals surface area (Å²) in [5.74, 6) is -0.873. The van der Waals surface area contributed by atoms with E-state index in [1.807, 2.05) is 61.5 Å². The van der Waals surface area contributed by atoms with Crippen LogP contribution >= 0.6 is 11.3 Å². The Bertz CT molecular complexity index is 1230. The monoisotopic (exact) mass is 432 g/mol. The van der Waals surface area contributed by atoms with Crippen LogP contribution in [0.15, 0.2) is 66.2 Å². The van der Waals surface area contributed by atoms with Crippen molar-refractivity contribution in [3.8, 4) is 16.9 Å². The lowest BCUT2D eigenvalue weighted by molar-refractivity contribution is 0.0520. The minimum Gasteiger partial charge on any atom is -0.461 e. The summed E-state index contributed by atoms with van der Waals surface area (Å²) in [4.78, 5) is 29.2. The van der Waals surface area contributed by atoms with Crippen LogP contribution in [0.4, 0.5) is 5.13 Å². The van der Waals surface area contributed by atoms with Crippen LogP contribution in [0.25, 0.3) is 16.9 Å². The summed E-state index contributed by atoms with van der Waals surface area (Å²) in [6.45, 7) is 3.96. The molecule has 0 spiro atoms. The third-order valence-corrected chi connectivity index (χ3v) is 5.35. The van der Waals surface area contributed by atoms with Gasteiger partial charge < -0.3 is 4.74 Å². The highest BCUT2D eigenvalue weighted by Gasteiger charge is 2.21. The minimum absolute atomic E-state index is 0.168. The Kier molecular flexibility index (Phi) is 5.90. The number of rotatable bonds is 6. The molecule has 4 aromatic rings. The first-order valence-electron chi connectivity index (χ1n) is 9.72. The SMILES string of the molecule is CCOC(=O)c1csc(NC(=O)c2cn(-c3ccccc3)nc2-c2ccccc2C)n1. The number of ether oxygens (including phenoxy) is 1. The first kappa shape index (κ1) is 20.5. The first-order chi connectivity index (χ1) is 15.1. The Morgan fingerprint density at radius 2 is 1.84 bits per heavy atom. The highest BCUT2D eigenvalue weighted by atomic mass is 32.1. The van der Waals surface area contributed by atoms with E-state index in [1.54, 1.807) is 23.2 Å². The summed E-state index contributed by atoms with van der Waals surface area (Å²) >= 11 is 1.16. The molecule has 8 heteroatoms. The van der Waals surface area contributed by atoms with Gasteiger partial charge >= 0.3 is 5.97 Å². The van der Waals surface area contributed by atoms with Crippen LogP contribution in [0.1, 0.15) is 33.3 Å². The third kappa shape index (κ3) is 4.39. The first-order valence-corrected chi connectivity index (χ1v) is 10.6. The van der Waals surface area contributed by atoms with E-state index >= 15 is 0 Å². The number of aryl methyl sites for hydroxylation is 1. The van der Waals surface area contributed by atoms with Crippen LogP contribution in [0.3, 0.4) is 0 Å². The van der Waals surface area contributed by atoms with Gasteiger partial charge in [-0.3, -0.25) is 10.1 Å². The number of carbonyl (C=O) groups excluding carboxylic acids is 2. The van der Waals surface area contributed by atoms with Crippen molar-refractivity contribution in [3.05, 3.63) is 83.0 Å². The van der Waals surface area contributed by atoms with Crippen molar-refractivity contribution in [1.29, 1.82) is 0 Å². The van der Waals surface area contributed by atoms with Crippen LogP contribution in [0, 0.1) is 6.92 Å². The van der Waals surface area contributed by atoms with Crippen molar-refractivity contribution in [2.45, 2.75) is 13.8 Å². The molecule has 7 nitrogen and oxygen atoms in total. The van der Waals surface area contributed by atoms with Crippen molar-refractivity contribution in [2.24, 2.45) is 0 Å². The summed E-state index contributed by atoms with van der Waals surface area (Å²) in [6.07, 6.45) is 1.70. The maximum absolute atomic E-state index is 13.2. The van der Waals surface area contributed by atoms with Gasteiger partial charge in [0.25, 0.3) is 5.91 Å². The van der Waals surface area contributed by atoms with Crippen LogP contribution in [-0.4, -0.2) is 33.2 Å². The van der Waals surface area contributed by atoms with E-state index in [2.05, 4.69) is 10.3 Å². The quantitative estimate of drug-likeness (QED) is 0.445. The zero-order valence-electron chi connectivity index (χ0n) is 17.0. The van der Waals surface area contributed by atoms with Crippen LogP contribution in [0.2, 0.25) is 0 Å². The van der Waals surface area contributed by atoms with Gasteiger partial charge in [-0.25, -0.2) is 14.5 Å². The van der Waals surface area contributed by atoms with Gasteiger partial charge in [0, 0.05) is 17.1 Å². The van der Waals surface area contributed by atoms with E-state index in [9.17, 15) is 9.59 Å². The van der Waals surface area contributed by atoms with E-state index in [4.69, 9.17) is 9.84 Å². The Balaban J connectivity index is 1.69. The van der Waals surface area contributed by atoms with Crippen molar-refractivity contribution < 1.29 is 14.3 Å². The van der Waals surface area contributed by atoms with E-state index in [0.29, 0.717) is 16.4 Å². The number of esters is 1. The molecule has 0 aliphatic carbocycles. The highest BCUT2D eigenvalue weighted by molar-refractivity contribution is 7.14. The number of hydrogen-bond donors (Lipinski definition) is 1. The number of aromatic nitrogens is 3. The van der Waals surface area contributed by atoms with Gasteiger partial charge in [-0.15, -0.1) is 11.3 Å². The molecule has 0 fully saturated rings. The van der Waals surface area contributed by atoms with Gasteiger partial charge in [-0.05, 0) is 31.5 Å². The van der Waals surface area contributed by atoms with Gasteiger partial charge in [0.2, 0.25) is 0 Å². The largest absolute Gasteiger partial charge is 0.461 e. The molecule has 0 aliphatic rings. The molecule has 0 aliphatic heterocycles. The molecule has 4 rings (SSSR count). The number of para-hydroxylation sites is 1. The van der Waals surface area contributed by atoms with Crippen LogP contribution < -0.4 is 5.32 Å². The molecule has 0 radical (unpaired) electrons. The molecule has 0 saturated heterocycles. The number of thiazole rings is 1. The van der Waals surface area contributed by atoms with E-state index in [-0.39, 0.29) is 18.2 Å². The van der Waals surface area contributed by atoms with Gasteiger partial charge in [0.05, 0.1) is 17.9 Å². The Hall–Kier alpha value is -3.78. The summed E-state index contributed by atoms with van der Waals surface area (Å²) < 4.78 is 6.64. The average molecular weight is 433 g/mol. The normalized spacial score (nSPS) is 10.6. The molecule has 1 amide bonds. The molecule has 0 bridgehead atoms. The second-order valence-corrected chi connectivity index (χ2v) is 7.56. The molecule has 1 N–H and O–H groups in total. The topological polar surface area (TPSA) is 86.1 Å². The zero-order chi connectivity index (χ0) is 21.8. The average Bonchev–Trinajstić information content (AvgIpc) is 3.42. The molecule has 156 valence electrons. The van der Waals surface area contributed by atoms with Crippen LogP contribution in [0.5, 0.6) is 0 Å². The number of nitrogens with one attached hydrogen (secondary N) is 1. The molecule has 0 unspecified atom stereocenters. The van der Waals surface area contributed by atoms with Crippen molar-refractivity contribution in [2.75, 3.05) is 11.9 Å². The zero-order valence-corrected chi connectivity index (χ0v) is 17.8. The van der Waals surface area contributed by atoms with Crippen molar-refractivity contribution in [1.82, 2.24) is 14.8 Å². The molecule has 2 aromatic carbocycles. The summed E-state index contributed by atoms with van der Waals surface area (Å²) in [7, 11) is 0. The molecule has 0 atom stereocenters. The smallest absolute Gasteiger partial charge is 0.357 e. The van der Waals surface area contributed by atoms with E-state index < -0.39 is 5.97 Å². The van der Waals surface area contributed by atoms with Crippen LogP contribution in [-0.2, 0) is 4.74 Å². The van der Waals surface area contributed by atoms with Crippen molar-refractivity contribution >= 4 is 28.3 Å². The fourth-order valence-electron chi connectivity index (χ4n) is 3.09. The fourth-order valence-corrected chi connectivity index (χ4v) is 3.76. The number of nitrogens with zero attached hydrogens (tertiary/aromatic N) is 3. The lowest BCUT2D eigenvalue weighted by Crippen LogP contribution is -2.13. The van der Waals surface area contributed by atoms with E-state index in [1.165, 1.54) is 0 Å². The maximum Gasteiger partial charge on any atom is 0.357 e. The lowest BCUT2D eigenvalue weighted by atomic mass is 10.0. The van der Waals surface area contributed by atoms with Gasteiger partial charge in [0.15, 0.2) is 10.8 Å². The molecule has 2 heterocycles. The maximum atomic E-state index is 13.2. The lowest BCUT2D eigenvalue weighted by Gasteiger charge is -2.05. The summed E-state index contributed by atoms with van der Waals surface area (Å²) in [6, 6.07) is 17.4. The predicted octanol–water partition coefficient (Wildman–Crippen LogP) is 4.73. The second kappa shape index (κ2) is 8.93. The minimum atomic E-state index is -0.517. The number of carbonyl (C=O) groups is 2. The predicted molar refractivity (Wildman–Crippen MR) is 120 cm³/mol.